The van der Waals surface area contributed by atoms with Gasteiger partial charge in [0, 0.05) is 29.0 Å². The zero-order chi connectivity index (χ0) is 16.4. The van der Waals surface area contributed by atoms with Gasteiger partial charge in [0.2, 0.25) is 0 Å². The van der Waals surface area contributed by atoms with E-state index in [9.17, 15) is 13.2 Å². The fourth-order valence-corrected chi connectivity index (χ4v) is 2.83. The molecule has 23 heavy (non-hydrogen) atoms. The summed E-state index contributed by atoms with van der Waals surface area (Å²) in [6, 6.07) is 13.0. The maximum atomic E-state index is 12.8. The molecule has 0 N–H and O–H groups in total. The van der Waals surface area contributed by atoms with Crippen LogP contribution in [-0.4, -0.2) is 9.55 Å². The van der Waals surface area contributed by atoms with Gasteiger partial charge in [-0.3, -0.25) is 0 Å². The molecule has 0 saturated heterocycles. The Bertz CT molecular complexity index is 824. The number of halogens is 4. The fourth-order valence-electron chi connectivity index (χ4n) is 2.37. The van der Waals surface area contributed by atoms with Crippen molar-refractivity contribution in [1.29, 1.82) is 0 Å². The lowest BCUT2D eigenvalue weighted by molar-refractivity contribution is -0.137. The minimum Gasteiger partial charge on any atom is -0.327 e. The molecule has 0 atom stereocenters. The summed E-state index contributed by atoms with van der Waals surface area (Å²) in [5, 5.41) is 0. The maximum Gasteiger partial charge on any atom is 0.416 e. The van der Waals surface area contributed by atoms with E-state index in [0.29, 0.717) is 17.9 Å². The van der Waals surface area contributed by atoms with Crippen molar-refractivity contribution < 1.29 is 13.2 Å². The Balaban J connectivity index is 1.94. The number of benzene rings is 2. The first kappa shape index (κ1) is 15.8. The minimum absolute atomic E-state index is 0.320. The molecule has 0 spiro atoms. The SMILES string of the molecule is FC(F)(F)c1cccc(Cn2ccnc2-c2ccccc2Br)c1. The predicted molar refractivity (Wildman–Crippen MR) is 85.9 cm³/mol. The molecule has 3 rings (SSSR count). The summed E-state index contributed by atoms with van der Waals surface area (Å²) in [5.41, 5.74) is 0.827. The lowest BCUT2D eigenvalue weighted by Crippen LogP contribution is -2.07. The fraction of sp³-hybridized carbons (Fsp3) is 0.118. The quantitative estimate of drug-likeness (QED) is 0.596. The van der Waals surface area contributed by atoms with Crippen molar-refractivity contribution in [2.45, 2.75) is 12.7 Å². The molecule has 0 aliphatic rings. The third-order valence-electron chi connectivity index (χ3n) is 3.44. The zero-order valence-electron chi connectivity index (χ0n) is 11.9. The van der Waals surface area contributed by atoms with E-state index in [0.717, 1.165) is 16.1 Å². The summed E-state index contributed by atoms with van der Waals surface area (Å²) >= 11 is 3.47. The van der Waals surface area contributed by atoms with Crippen LogP contribution < -0.4 is 0 Å². The van der Waals surface area contributed by atoms with E-state index in [2.05, 4.69) is 20.9 Å². The second-order valence-corrected chi connectivity index (χ2v) is 5.91. The van der Waals surface area contributed by atoms with Gasteiger partial charge in [0.05, 0.1) is 5.56 Å². The minimum atomic E-state index is -4.34. The van der Waals surface area contributed by atoms with E-state index in [4.69, 9.17) is 0 Å². The Kier molecular flexibility index (Phi) is 4.26. The molecule has 0 aliphatic carbocycles. The highest BCUT2D eigenvalue weighted by Crippen LogP contribution is 2.30. The highest BCUT2D eigenvalue weighted by molar-refractivity contribution is 9.10. The van der Waals surface area contributed by atoms with Crippen LogP contribution in [0.5, 0.6) is 0 Å². The number of nitrogens with zero attached hydrogens (tertiary/aromatic N) is 2. The molecule has 1 aromatic heterocycles. The molecule has 118 valence electrons. The largest absolute Gasteiger partial charge is 0.416 e. The van der Waals surface area contributed by atoms with Crippen molar-refractivity contribution >= 4 is 15.9 Å². The Morgan fingerprint density at radius 3 is 2.57 bits per heavy atom. The molecule has 0 fully saturated rings. The van der Waals surface area contributed by atoms with Gasteiger partial charge in [-0.2, -0.15) is 13.2 Å². The monoisotopic (exact) mass is 380 g/mol. The van der Waals surface area contributed by atoms with Crippen LogP contribution in [0.1, 0.15) is 11.1 Å². The standard InChI is InChI=1S/C17H12BrF3N2/c18-15-7-2-1-6-14(15)16-22-8-9-23(16)11-12-4-3-5-13(10-12)17(19,20)21/h1-10H,11H2. The number of hydrogen-bond acceptors (Lipinski definition) is 1. The predicted octanol–water partition coefficient (Wildman–Crippen LogP) is 5.38. The molecule has 0 aliphatic heterocycles. The molecule has 2 nitrogen and oxygen atoms in total. The second-order valence-electron chi connectivity index (χ2n) is 5.06. The zero-order valence-corrected chi connectivity index (χ0v) is 13.5. The molecule has 3 aromatic rings. The average Bonchev–Trinajstić information content (AvgIpc) is 2.95. The highest BCUT2D eigenvalue weighted by Gasteiger charge is 2.30. The first-order chi connectivity index (χ1) is 10.9. The number of alkyl halides is 3. The summed E-state index contributed by atoms with van der Waals surface area (Å²) in [6.45, 7) is 0.320. The van der Waals surface area contributed by atoms with Gasteiger partial charge in [-0.15, -0.1) is 0 Å². The third-order valence-corrected chi connectivity index (χ3v) is 4.13. The van der Waals surface area contributed by atoms with E-state index in [1.165, 1.54) is 12.1 Å². The first-order valence-corrected chi connectivity index (χ1v) is 7.66. The van der Waals surface area contributed by atoms with Gasteiger partial charge in [-0.05, 0) is 23.8 Å². The van der Waals surface area contributed by atoms with Crippen LogP contribution in [0.2, 0.25) is 0 Å². The van der Waals surface area contributed by atoms with E-state index in [1.807, 2.05) is 28.8 Å². The van der Waals surface area contributed by atoms with Crippen molar-refractivity contribution in [3.8, 4) is 11.4 Å². The number of imidazole rings is 1. The van der Waals surface area contributed by atoms with Crippen LogP contribution in [-0.2, 0) is 12.7 Å². The van der Waals surface area contributed by atoms with E-state index in [-0.39, 0.29) is 0 Å². The Labute approximate surface area is 139 Å². The van der Waals surface area contributed by atoms with Crippen LogP contribution in [0.15, 0.2) is 65.4 Å². The molecule has 1 heterocycles. The normalized spacial score (nSPS) is 11.7. The number of rotatable bonds is 3. The highest BCUT2D eigenvalue weighted by atomic mass is 79.9. The van der Waals surface area contributed by atoms with Crippen molar-refractivity contribution in [2.75, 3.05) is 0 Å². The summed E-state index contributed by atoms with van der Waals surface area (Å²) in [4.78, 5) is 4.33. The maximum absolute atomic E-state index is 12.8. The first-order valence-electron chi connectivity index (χ1n) is 6.87. The van der Waals surface area contributed by atoms with Gasteiger partial charge in [0.25, 0.3) is 0 Å². The van der Waals surface area contributed by atoms with Crippen LogP contribution in [0, 0.1) is 0 Å². The Morgan fingerprint density at radius 2 is 1.83 bits per heavy atom. The van der Waals surface area contributed by atoms with E-state index < -0.39 is 11.7 Å². The summed E-state index contributed by atoms with van der Waals surface area (Å²) in [6.07, 6.45) is -0.937. The summed E-state index contributed by atoms with van der Waals surface area (Å²) in [5.74, 6) is 0.704. The third kappa shape index (κ3) is 3.47. The molecular formula is C17H12BrF3N2. The lowest BCUT2D eigenvalue weighted by Gasteiger charge is -2.12. The van der Waals surface area contributed by atoms with E-state index >= 15 is 0 Å². The van der Waals surface area contributed by atoms with Gasteiger partial charge in [0.15, 0.2) is 0 Å². The second kappa shape index (κ2) is 6.20. The van der Waals surface area contributed by atoms with Gasteiger partial charge >= 0.3 is 6.18 Å². The number of aromatic nitrogens is 2. The summed E-state index contributed by atoms with van der Waals surface area (Å²) < 4.78 is 41.2. The van der Waals surface area contributed by atoms with Crippen LogP contribution in [0.25, 0.3) is 11.4 Å². The topological polar surface area (TPSA) is 17.8 Å². The molecule has 0 unspecified atom stereocenters. The molecule has 0 radical (unpaired) electrons. The van der Waals surface area contributed by atoms with Crippen LogP contribution >= 0.6 is 15.9 Å². The number of hydrogen-bond donors (Lipinski definition) is 0. The van der Waals surface area contributed by atoms with Crippen LogP contribution in [0.3, 0.4) is 0 Å². The van der Waals surface area contributed by atoms with Crippen LogP contribution in [0.4, 0.5) is 13.2 Å². The molecule has 0 amide bonds. The molecule has 6 heteroatoms. The Hall–Kier alpha value is -2.08. The average molecular weight is 381 g/mol. The molecular weight excluding hydrogens is 369 g/mol. The van der Waals surface area contributed by atoms with E-state index in [1.54, 1.807) is 18.5 Å². The molecule has 2 aromatic carbocycles. The van der Waals surface area contributed by atoms with Crippen molar-refractivity contribution in [1.82, 2.24) is 9.55 Å². The molecule has 0 bridgehead atoms. The van der Waals surface area contributed by atoms with Gasteiger partial charge in [-0.25, -0.2) is 4.98 Å². The smallest absolute Gasteiger partial charge is 0.327 e. The van der Waals surface area contributed by atoms with Crippen molar-refractivity contribution in [2.24, 2.45) is 0 Å². The van der Waals surface area contributed by atoms with Gasteiger partial charge in [0.1, 0.15) is 5.82 Å². The summed E-state index contributed by atoms with van der Waals surface area (Å²) in [7, 11) is 0. The Morgan fingerprint density at radius 1 is 1.04 bits per heavy atom. The van der Waals surface area contributed by atoms with Crippen molar-refractivity contribution in [3.63, 3.8) is 0 Å². The molecule has 0 saturated carbocycles. The van der Waals surface area contributed by atoms with Crippen molar-refractivity contribution in [3.05, 3.63) is 76.5 Å². The van der Waals surface area contributed by atoms with Gasteiger partial charge in [-0.1, -0.05) is 46.3 Å². The van der Waals surface area contributed by atoms with Gasteiger partial charge < -0.3 is 4.57 Å². The lowest BCUT2D eigenvalue weighted by atomic mass is 10.1.